The van der Waals surface area contributed by atoms with Crippen molar-refractivity contribution in [1.82, 2.24) is 4.90 Å². The van der Waals surface area contributed by atoms with Crippen molar-refractivity contribution < 1.29 is 24.1 Å². The van der Waals surface area contributed by atoms with E-state index in [2.05, 4.69) is 18.7 Å². The summed E-state index contributed by atoms with van der Waals surface area (Å²) in [6, 6.07) is 22.9. The van der Waals surface area contributed by atoms with Gasteiger partial charge in [0, 0.05) is 24.7 Å². The molecule has 3 aromatic rings. The van der Waals surface area contributed by atoms with Gasteiger partial charge in [0.2, 0.25) is 0 Å². The molecule has 1 fully saturated rings. The molecule has 0 bridgehead atoms. The number of carboxylic acids is 1. The normalized spacial score (nSPS) is 16.8. The Hall–Kier alpha value is -3.38. The van der Waals surface area contributed by atoms with Gasteiger partial charge in [0.25, 0.3) is 0 Å². The molecule has 0 aromatic heterocycles. The highest BCUT2D eigenvalue weighted by Crippen LogP contribution is 2.40. The first-order valence-corrected chi connectivity index (χ1v) is 12.0. The van der Waals surface area contributed by atoms with Crippen LogP contribution < -0.4 is 4.74 Å². The first-order valence-electron chi connectivity index (χ1n) is 12.0. The number of carbonyl (C=O) groups is 1. The van der Waals surface area contributed by atoms with Gasteiger partial charge in [-0.2, -0.15) is 0 Å². The molecule has 35 heavy (non-hydrogen) atoms. The van der Waals surface area contributed by atoms with Crippen LogP contribution >= 0.6 is 0 Å². The first kappa shape index (κ1) is 24.7. The van der Waals surface area contributed by atoms with Gasteiger partial charge in [-0.05, 0) is 56.4 Å². The molecule has 0 radical (unpaired) electrons. The zero-order chi connectivity index (χ0) is 25.1. The predicted molar refractivity (Wildman–Crippen MR) is 133 cm³/mol. The number of hydrogen-bond acceptors (Lipinski definition) is 4. The lowest BCUT2D eigenvalue weighted by Gasteiger charge is -2.39. The standard InChI is InChI=1S/C29H32FNO4/c1-28(2,31-18-15-24(20-31)35-23-13-14-25(30)26(32)19-23)16-17-29(27(33)34,21-9-5-3-6-10-21)22-11-7-4-8-12-22/h3-14,19,24,32H,15-18,20H2,1-2H3,(H,33,34)/t24-/m0/s1. The molecule has 1 aliphatic heterocycles. The minimum atomic E-state index is -1.15. The topological polar surface area (TPSA) is 70.0 Å². The summed E-state index contributed by atoms with van der Waals surface area (Å²) in [6.45, 7) is 5.76. The molecule has 5 nitrogen and oxygen atoms in total. The van der Waals surface area contributed by atoms with Crippen molar-refractivity contribution in [3.8, 4) is 11.5 Å². The average molecular weight is 478 g/mol. The minimum Gasteiger partial charge on any atom is -0.505 e. The van der Waals surface area contributed by atoms with Crippen LogP contribution in [0.3, 0.4) is 0 Å². The van der Waals surface area contributed by atoms with Gasteiger partial charge in [0.15, 0.2) is 11.6 Å². The molecule has 2 N–H and O–H groups in total. The maximum atomic E-state index is 13.4. The number of aromatic hydroxyl groups is 1. The summed E-state index contributed by atoms with van der Waals surface area (Å²) in [5, 5.41) is 20.2. The number of aliphatic carboxylic acids is 1. The molecule has 0 unspecified atom stereocenters. The largest absolute Gasteiger partial charge is 0.505 e. The van der Waals surface area contributed by atoms with E-state index in [1.807, 2.05) is 60.7 Å². The highest BCUT2D eigenvalue weighted by Gasteiger charge is 2.44. The zero-order valence-electron chi connectivity index (χ0n) is 20.2. The Labute approximate surface area is 205 Å². The number of likely N-dealkylation sites (tertiary alicyclic amines) is 1. The Balaban J connectivity index is 1.51. The third-order valence-corrected chi connectivity index (χ3v) is 7.23. The highest BCUT2D eigenvalue weighted by atomic mass is 19.1. The highest BCUT2D eigenvalue weighted by molar-refractivity contribution is 5.86. The number of benzene rings is 3. The first-order chi connectivity index (χ1) is 16.7. The summed E-state index contributed by atoms with van der Waals surface area (Å²) in [5.74, 6) is -1.52. The summed E-state index contributed by atoms with van der Waals surface area (Å²) >= 11 is 0. The van der Waals surface area contributed by atoms with Crippen molar-refractivity contribution in [1.29, 1.82) is 0 Å². The monoisotopic (exact) mass is 477 g/mol. The Morgan fingerprint density at radius 2 is 1.60 bits per heavy atom. The number of hydrogen-bond donors (Lipinski definition) is 2. The lowest BCUT2D eigenvalue weighted by Crippen LogP contribution is -2.46. The van der Waals surface area contributed by atoms with E-state index >= 15 is 0 Å². The van der Waals surface area contributed by atoms with Crippen molar-refractivity contribution in [2.24, 2.45) is 0 Å². The molecule has 184 valence electrons. The quantitative estimate of drug-likeness (QED) is 0.419. The van der Waals surface area contributed by atoms with Gasteiger partial charge < -0.3 is 14.9 Å². The molecule has 1 atom stereocenters. The molecule has 0 spiro atoms. The van der Waals surface area contributed by atoms with Crippen molar-refractivity contribution in [3.63, 3.8) is 0 Å². The van der Waals surface area contributed by atoms with E-state index in [0.717, 1.165) is 24.1 Å². The average Bonchev–Trinajstić information content (AvgIpc) is 3.33. The second kappa shape index (κ2) is 10.1. The van der Waals surface area contributed by atoms with Crippen LogP contribution in [0.4, 0.5) is 4.39 Å². The van der Waals surface area contributed by atoms with E-state index in [1.54, 1.807) is 0 Å². The lowest BCUT2D eigenvalue weighted by atomic mass is 9.69. The molecule has 1 heterocycles. The fraction of sp³-hybridized carbons (Fsp3) is 0.345. The molecule has 1 aliphatic rings. The molecule has 6 heteroatoms. The van der Waals surface area contributed by atoms with Gasteiger partial charge in [-0.3, -0.25) is 9.69 Å². The number of phenols is 1. The van der Waals surface area contributed by atoms with Crippen LogP contribution in [0.5, 0.6) is 11.5 Å². The van der Waals surface area contributed by atoms with E-state index in [4.69, 9.17) is 4.74 Å². The van der Waals surface area contributed by atoms with Crippen LogP contribution in [-0.2, 0) is 10.2 Å². The Bertz CT molecular complexity index is 1110. The smallest absolute Gasteiger partial charge is 0.318 e. The van der Waals surface area contributed by atoms with Gasteiger partial charge in [-0.1, -0.05) is 60.7 Å². The number of carboxylic acid groups (broad SMARTS) is 1. The summed E-state index contributed by atoms with van der Waals surface area (Å²) in [5.41, 5.74) is 0.121. The summed E-state index contributed by atoms with van der Waals surface area (Å²) in [6.07, 6.45) is 1.81. The minimum absolute atomic E-state index is 0.0911. The third-order valence-electron chi connectivity index (χ3n) is 7.23. The third kappa shape index (κ3) is 5.17. The van der Waals surface area contributed by atoms with Crippen LogP contribution in [0.25, 0.3) is 0 Å². The summed E-state index contributed by atoms with van der Waals surface area (Å²) < 4.78 is 19.4. The number of halogens is 1. The predicted octanol–water partition coefficient (Wildman–Crippen LogP) is 5.61. The van der Waals surface area contributed by atoms with Crippen LogP contribution in [-0.4, -0.2) is 45.8 Å². The number of rotatable bonds is 9. The Kier molecular flexibility index (Phi) is 7.13. The lowest BCUT2D eigenvalue weighted by molar-refractivity contribution is -0.142. The van der Waals surface area contributed by atoms with Crippen molar-refractivity contribution in [3.05, 3.63) is 95.8 Å². The van der Waals surface area contributed by atoms with Crippen LogP contribution in [0.2, 0.25) is 0 Å². The van der Waals surface area contributed by atoms with Gasteiger partial charge >= 0.3 is 5.97 Å². The summed E-state index contributed by atoms with van der Waals surface area (Å²) in [7, 11) is 0. The van der Waals surface area contributed by atoms with Crippen molar-refractivity contribution in [2.45, 2.75) is 50.2 Å². The van der Waals surface area contributed by atoms with Crippen molar-refractivity contribution >= 4 is 5.97 Å². The van der Waals surface area contributed by atoms with Gasteiger partial charge in [-0.25, -0.2) is 4.39 Å². The number of phenolic OH excluding ortho intramolecular Hbond substituents is 1. The van der Waals surface area contributed by atoms with Crippen LogP contribution in [0.15, 0.2) is 78.9 Å². The van der Waals surface area contributed by atoms with E-state index in [9.17, 15) is 19.4 Å². The van der Waals surface area contributed by atoms with Crippen LogP contribution in [0.1, 0.15) is 44.2 Å². The molecule has 4 rings (SSSR count). The molecule has 0 saturated carbocycles. The molecule has 0 amide bonds. The van der Waals surface area contributed by atoms with E-state index in [-0.39, 0.29) is 11.6 Å². The van der Waals surface area contributed by atoms with Crippen LogP contribution in [0, 0.1) is 5.82 Å². The van der Waals surface area contributed by atoms with E-state index < -0.39 is 23.0 Å². The van der Waals surface area contributed by atoms with Crippen molar-refractivity contribution in [2.75, 3.05) is 13.1 Å². The molecule has 1 saturated heterocycles. The molecular weight excluding hydrogens is 445 g/mol. The second-order valence-electron chi connectivity index (χ2n) is 9.84. The van der Waals surface area contributed by atoms with Gasteiger partial charge in [-0.15, -0.1) is 0 Å². The second-order valence-corrected chi connectivity index (χ2v) is 9.84. The zero-order valence-corrected chi connectivity index (χ0v) is 20.2. The molecule has 0 aliphatic carbocycles. The number of ether oxygens (including phenoxy) is 1. The maximum absolute atomic E-state index is 13.4. The van der Waals surface area contributed by atoms with E-state index in [0.29, 0.717) is 25.1 Å². The van der Waals surface area contributed by atoms with Gasteiger partial charge in [0.1, 0.15) is 17.3 Å². The van der Waals surface area contributed by atoms with E-state index in [1.165, 1.54) is 18.2 Å². The summed E-state index contributed by atoms with van der Waals surface area (Å²) in [4.78, 5) is 15.2. The van der Waals surface area contributed by atoms with Gasteiger partial charge in [0.05, 0.1) is 0 Å². The maximum Gasteiger partial charge on any atom is 0.318 e. The Morgan fingerprint density at radius 1 is 1.00 bits per heavy atom. The number of nitrogens with zero attached hydrogens (tertiary/aromatic N) is 1. The molecule has 3 aromatic carbocycles. The Morgan fingerprint density at radius 3 is 2.14 bits per heavy atom. The molecular formula is C29H32FNO4. The fourth-order valence-electron chi connectivity index (χ4n) is 5.04. The fourth-order valence-corrected chi connectivity index (χ4v) is 5.04. The SMILES string of the molecule is CC(C)(CCC(C(=O)O)(c1ccccc1)c1ccccc1)N1CC[C@H](Oc2ccc(F)c(O)c2)C1.